The molecule has 0 radical (unpaired) electrons. The lowest BCUT2D eigenvalue weighted by Crippen LogP contribution is -2.34. The fourth-order valence-corrected chi connectivity index (χ4v) is 2.52. The minimum absolute atomic E-state index is 0.0969. The number of rotatable bonds is 6. The number of anilines is 1. The van der Waals surface area contributed by atoms with Gasteiger partial charge in [-0.25, -0.2) is 0 Å². The molecule has 2 aromatic rings. The third kappa shape index (κ3) is 5.97. The Balaban J connectivity index is 1.89. The summed E-state index contributed by atoms with van der Waals surface area (Å²) in [4.78, 5) is 24.1. The van der Waals surface area contributed by atoms with Crippen molar-refractivity contribution in [2.24, 2.45) is 0 Å². The Morgan fingerprint density at radius 3 is 2.38 bits per heavy atom. The fourth-order valence-electron chi connectivity index (χ4n) is 2.31. The van der Waals surface area contributed by atoms with E-state index in [4.69, 9.17) is 12.2 Å². The maximum atomic E-state index is 12.2. The average molecular weight is 369 g/mol. The quantitative estimate of drug-likeness (QED) is 0.537. The van der Waals surface area contributed by atoms with Gasteiger partial charge in [0.2, 0.25) is 0 Å². The minimum atomic E-state index is -0.266. The van der Waals surface area contributed by atoms with Gasteiger partial charge in [-0.15, -0.1) is 0 Å². The molecule has 3 N–H and O–H groups in total. The number of carbonyl (C=O) groups excluding carboxylic acids is 2. The molecule has 0 aliphatic heterocycles. The molecule has 0 bridgehead atoms. The van der Waals surface area contributed by atoms with Gasteiger partial charge in [0, 0.05) is 23.4 Å². The molecule has 0 aliphatic carbocycles. The Morgan fingerprint density at radius 1 is 1.00 bits per heavy atom. The van der Waals surface area contributed by atoms with Crippen LogP contribution in [0.25, 0.3) is 0 Å². The highest BCUT2D eigenvalue weighted by molar-refractivity contribution is 7.80. The lowest BCUT2D eigenvalue weighted by Gasteiger charge is -2.10. The van der Waals surface area contributed by atoms with Crippen LogP contribution in [0.5, 0.6) is 0 Å². The molecule has 0 unspecified atom stereocenters. The molecule has 6 heteroatoms. The molecule has 2 aromatic carbocycles. The molecule has 0 saturated carbocycles. The van der Waals surface area contributed by atoms with Gasteiger partial charge in [0.25, 0.3) is 11.8 Å². The van der Waals surface area contributed by atoms with Gasteiger partial charge in [-0.1, -0.05) is 31.0 Å². The van der Waals surface area contributed by atoms with Gasteiger partial charge in [0.15, 0.2) is 5.11 Å². The summed E-state index contributed by atoms with van der Waals surface area (Å²) >= 11 is 5.18. The van der Waals surface area contributed by atoms with Crippen LogP contribution in [0.3, 0.4) is 0 Å². The maximum Gasteiger partial charge on any atom is 0.257 e. The molecule has 26 heavy (non-hydrogen) atoms. The van der Waals surface area contributed by atoms with Crippen LogP contribution in [0.4, 0.5) is 5.69 Å². The Morgan fingerprint density at radius 2 is 1.73 bits per heavy atom. The van der Waals surface area contributed by atoms with E-state index in [2.05, 4.69) is 22.9 Å². The van der Waals surface area contributed by atoms with Gasteiger partial charge >= 0.3 is 0 Å². The molecule has 2 rings (SSSR count). The number of amides is 2. The summed E-state index contributed by atoms with van der Waals surface area (Å²) in [5.74, 6) is -0.363. The lowest BCUT2D eigenvalue weighted by molar-refractivity contribution is 0.0950. The van der Waals surface area contributed by atoms with Crippen molar-refractivity contribution in [2.75, 3.05) is 11.9 Å². The second kappa shape index (κ2) is 9.68. The number of hydrogen-bond acceptors (Lipinski definition) is 3. The zero-order valence-electron chi connectivity index (χ0n) is 15.0. The number of thiocarbonyl (C=S) groups is 1. The predicted molar refractivity (Wildman–Crippen MR) is 109 cm³/mol. The zero-order chi connectivity index (χ0) is 18.9. The first-order chi connectivity index (χ1) is 12.5. The van der Waals surface area contributed by atoms with Crippen molar-refractivity contribution in [3.8, 4) is 0 Å². The first-order valence-electron chi connectivity index (χ1n) is 8.57. The average Bonchev–Trinajstić information content (AvgIpc) is 2.62. The van der Waals surface area contributed by atoms with E-state index in [1.807, 2.05) is 19.1 Å². The van der Waals surface area contributed by atoms with Crippen LogP contribution < -0.4 is 16.0 Å². The topological polar surface area (TPSA) is 70.2 Å². The summed E-state index contributed by atoms with van der Waals surface area (Å²) in [5.41, 5.74) is 2.84. The molecule has 0 fully saturated rings. The Labute approximate surface area is 159 Å². The molecule has 136 valence electrons. The normalized spacial score (nSPS) is 10.1. The van der Waals surface area contributed by atoms with E-state index < -0.39 is 0 Å². The maximum absolute atomic E-state index is 12.2. The molecular formula is C20H23N3O2S. The van der Waals surface area contributed by atoms with E-state index in [9.17, 15) is 9.59 Å². The molecule has 0 saturated heterocycles. The summed E-state index contributed by atoms with van der Waals surface area (Å²) in [6, 6.07) is 14.2. The van der Waals surface area contributed by atoms with Crippen LogP contribution in [0.1, 0.15) is 46.0 Å². The largest absolute Gasteiger partial charge is 0.352 e. The van der Waals surface area contributed by atoms with E-state index in [0.717, 1.165) is 18.4 Å². The third-order valence-corrected chi connectivity index (χ3v) is 3.93. The molecule has 0 spiro atoms. The first kappa shape index (κ1) is 19.6. The second-order valence-electron chi connectivity index (χ2n) is 5.96. The molecule has 0 atom stereocenters. The van der Waals surface area contributed by atoms with Gasteiger partial charge < -0.3 is 10.6 Å². The lowest BCUT2D eigenvalue weighted by atomic mass is 10.1. The van der Waals surface area contributed by atoms with Crippen molar-refractivity contribution in [2.45, 2.75) is 26.7 Å². The van der Waals surface area contributed by atoms with Crippen molar-refractivity contribution in [3.63, 3.8) is 0 Å². The van der Waals surface area contributed by atoms with E-state index in [1.165, 1.54) is 0 Å². The number of carbonyl (C=O) groups is 2. The van der Waals surface area contributed by atoms with Gasteiger partial charge in [-0.3, -0.25) is 14.9 Å². The summed E-state index contributed by atoms with van der Waals surface area (Å²) in [6.07, 6.45) is 2.00. The molecule has 0 heterocycles. The fraction of sp³-hybridized carbons (Fsp3) is 0.250. The number of hydrogen-bond donors (Lipinski definition) is 3. The van der Waals surface area contributed by atoms with Crippen molar-refractivity contribution in [1.29, 1.82) is 0 Å². The van der Waals surface area contributed by atoms with Crippen molar-refractivity contribution in [1.82, 2.24) is 10.6 Å². The molecule has 2 amide bonds. The summed E-state index contributed by atoms with van der Waals surface area (Å²) < 4.78 is 0. The third-order valence-electron chi connectivity index (χ3n) is 3.73. The highest BCUT2D eigenvalue weighted by atomic mass is 32.1. The summed E-state index contributed by atoms with van der Waals surface area (Å²) in [6.45, 7) is 4.67. The SMILES string of the molecule is CCCCNC(=O)c1ccc(NC(=S)NC(=O)c2cccc(C)c2)cc1. The smallest absolute Gasteiger partial charge is 0.257 e. The second-order valence-corrected chi connectivity index (χ2v) is 6.37. The van der Waals surface area contributed by atoms with Crippen LogP contribution in [-0.2, 0) is 0 Å². The van der Waals surface area contributed by atoms with Gasteiger partial charge in [0.05, 0.1) is 0 Å². The zero-order valence-corrected chi connectivity index (χ0v) is 15.8. The van der Waals surface area contributed by atoms with Crippen LogP contribution in [0.2, 0.25) is 0 Å². The van der Waals surface area contributed by atoms with Crippen molar-refractivity contribution < 1.29 is 9.59 Å². The highest BCUT2D eigenvalue weighted by Crippen LogP contribution is 2.10. The Kier molecular flexibility index (Phi) is 7.29. The molecular weight excluding hydrogens is 346 g/mol. The van der Waals surface area contributed by atoms with E-state index in [-0.39, 0.29) is 16.9 Å². The summed E-state index contributed by atoms with van der Waals surface area (Å²) in [5, 5.41) is 8.66. The van der Waals surface area contributed by atoms with Gasteiger partial charge in [-0.05, 0) is 62.0 Å². The molecule has 0 aromatic heterocycles. The number of aryl methyl sites for hydroxylation is 1. The Bertz CT molecular complexity index is 788. The number of unbranched alkanes of at least 4 members (excludes halogenated alkanes) is 1. The standard InChI is InChI=1S/C20H23N3O2S/c1-3-4-12-21-18(24)15-8-10-17(11-9-15)22-20(26)23-19(25)16-7-5-6-14(2)13-16/h5-11,13H,3-4,12H2,1-2H3,(H,21,24)(H2,22,23,25,26). The van der Waals surface area contributed by atoms with Crippen LogP contribution >= 0.6 is 12.2 Å². The van der Waals surface area contributed by atoms with Crippen LogP contribution in [-0.4, -0.2) is 23.5 Å². The van der Waals surface area contributed by atoms with Crippen LogP contribution in [0.15, 0.2) is 48.5 Å². The number of nitrogens with one attached hydrogen (secondary N) is 3. The van der Waals surface area contributed by atoms with Gasteiger partial charge in [0.1, 0.15) is 0 Å². The molecule has 0 aliphatic rings. The van der Waals surface area contributed by atoms with Crippen molar-refractivity contribution in [3.05, 3.63) is 65.2 Å². The van der Waals surface area contributed by atoms with Crippen molar-refractivity contribution >= 4 is 34.8 Å². The summed E-state index contributed by atoms with van der Waals surface area (Å²) in [7, 11) is 0. The van der Waals surface area contributed by atoms with E-state index in [0.29, 0.717) is 23.4 Å². The predicted octanol–water partition coefficient (Wildman–Crippen LogP) is 3.65. The highest BCUT2D eigenvalue weighted by Gasteiger charge is 2.09. The first-order valence-corrected chi connectivity index (χ1v) is 8.97. The Hall–Kier alpha value is -2.73. The minimum Gasteiger partial charge on any atom is -0.352 e. The van der Waals surface area contributed by atoms with E-state index >= 15 is 0 Å². The number of benzene rings is 2. The van der Waals surface area contributed by atoms with Crippen LogP contribution in [0, 0.1) is 6.92 Å². The van der Waals surface area contributed by atoms with Gasteiger partial charge in [-0.2, -0.15) is 0 Å². The molecule has 5 nitrogen and oxygen atoms in total. The monoisotopic (exact) mass is 369 g/mol. The van der Waals surface area contributed by atoms with E-state index in [1.54, 1.807) is 36.4 Å².